The molecule has 2 N–H and O–H groups in total. The molecule has 15 heavy (non-hydrogen) atoms. The number of halogens is 1. The summed E-state index contributed by atoms with van der Waals surface area (Å²) in [4.78, 5) is 4.24. The van der Waals surface area contributed by atoms with E-state index in [0.29, 0.717) is 5.69 Å². The molecule has 0 unspecified atom stereocenters. The van der Waals surface area contributed by atoms with Crippen LogP contribution >= 0.6 is 11.6 Å². The van der Waals surface area contributed by atoms with Gasteiger partial charge in [-0.15, -0.1) is 0 Å². The monoisotopic (exact) mass is 218 g/mol. The van der Waals surface area contributed by atoms with E-state index in [1.54, 1.807) is 12.3 Å². The number of nitrogens with two attached hydrogens (primary N) is 1. The maximum Gasteiger partial charge on any atom is 0.0722 e. The standard InChI is InChI=1S/C12H11ClN2/c1-8-2-3-9(6-11(8)13)12-7-10(14)4-5-15-12/h2-7H,1H3,(H2,14,15). The third kappa shape index (κ3) is 2.10. The minimum atomic E-state index is 0.705. The molecule has 2 aromatic rings. The first kappa shape index (κ1) is 9.99. The summed E-state index contributed by atoms with van der Waals surface area (Å²) in [7, 11) is 0. The van der Waals surface area contributed by atoms with Gasteiger partial charge < -0.3 is 5.73 Å². The van der Waals surface area contributed by atoms with E-state index < -0.39 is 0 Å². The molecule has 0 saturated heterocycles. The number of nitrogen functional groups attached to an aromatic ring is 1. The van der Waals surface area contributed by atoms with Crippen molar-refractivity contribution in [1.82, 2.24) is 4.98 Å². The van der Waals surface area contributed by atoms with Crippen LogP contribution in [0.2, 0.25) is 5.02 Å². The van der Waals surface area contributed by atoms with E-state index in [1.165, 1.54) is 0 Å². The zero-order valence-corrected chi connectivity index (χ0v) is 9.12. The first-order valence-corrected chi connectivity index (χ1v) is 5.02. The smallest absolute Gasteiger partial charge is 0.0722 e. The molecule has 76 valence electrons. The highest BCUT2D eigenvalue weighted by Crippen LogP contribution is 2.24. The summed E-state index contributed by atoms with van der Waals surface area (Å²) in [5.74, 6) is 0. The predicted molar refractivity (Wildman–Crippen MR) is 63.8 cm³/mol. The number of anilines is 1. The molecule has 1 aromatic carbocycles. The Kier molecular flexibility index (Phi) is 2.60. The van der Waals surface area contributed by atoms with Crippen molar-refractivity contribution in [3.63, 3.8) is 0 Å². The molecule has 0 aliphatic heterocycles. The van der Waals surface area contributed by atoms with Crippen molar-refractivity contribution in [3.8, 4) is 11.3 Å². The molecule has 0 amide bonds. The summed E-state index contributed by atoms with van der Waals surface area (Å²) in [6, 6.07) is 9.46. The zero-order valence-electron chi connectivity index (χ0n) is 8.37. The highest BCUT2D eigenvalue weighted by Gasteiger charge is 2.02. The average molecular weight is 219 g/mol. The third-order valence-electron chi connectivity index (χ3n) is 2.25. The number of aryl methyl sites for hydroxylation is 1. The van der Waals surface area contributed by atoms with Crippen molar-refractivity contribution in [2.45, 2.75) is 6.92 Å². The third-order valence-corrected chi connectivity index (χ3v) is 2.66. The van der Waals surface area contributed by atoms with Crippen LogP contribution in [-0.4, -0.2) is 4.98 Å². The normalized spacial score (nSPS) is 10.3. The minimum absolute atomic E-state index is 0.705. The fraction of sp³-hybridized carbons (Fsp3) is 0.0833. The first-order valence-electron chi connectivity index (χ1n) is 4.65. The summed E-state index contributed by atoms with van der Waals surface area (Å²) >= 11 is 6.04. The molecule has 0 aliphatic carbocycles. The summed E-state index contributed by atoms with van der Waals surface area (Å²) in [5.41, 5.74) is 9.28. The molecule has 0 bridgehead atoms. The van der Waals surface area contributed by atoms with Crippen LogP contribution in [0.15, 0.2) is 36.5 Å². The van der Waals surface area contributed by atoms with Gasteiger partial charge in [-0.3, -0.25) is 4.98 Å². The fourth-order valence-corrected chi connectivity index (χ4v) is 1.54. The van der Waals surface area contributed by atoms with E-state index in [1.807, 2.05) is 31.2 Å². The van der Waals surface area contributed by atoms with Gasteiger partial charge in [0, 0.05) is 22.5 Å². The van der Waals surface area contributed by atoms with Gasteiger partial charge in [-0.25, -0.2) is 0 Å². The molecule has 3 heteroatoms. The number of aromatic nitrogens is 1. The summed E-state index contributed by atoms with van der Waals surface area (Å²) < 4.78 is 0. The maximum atomic E-state index is 6.04. The Balaban J connectivity index is 2.50. The lowest BCUT2D eigenvalue weighted by Gasteiger charge is -2.04. The van der Waals surface area contributed by atoms with E-state index >= 15 is 0 Å². The number of hydrogen-bond acceptors (Lipinski definition) is 2. The Bertz CT molecular complexity index is 495. The second-order valence-corrected chi connectivity index (χ2v) is 3.85. The van der Waals surface area contributed by atoms with Crippen LogP contribution in [0, 0.1) is 6.92 Å². The second-order valence-electron chi connectivity index (χ2n) is 3.44. The molecular weight excluding hydrogens is 208 g/mol. The fourth-order valence-electron chi connectivity index (χ4n) is 1.36. The molecule has 0 aliphatic rings. The van der Waals surface area contributed by atoms with Crippen LogP contribution in [-0.2, 0) is 0 Å². The summed E-state index contributed by atoms with van der Waals surface area (Å²) in [6.45, 7) is 1.97. The largest absolute Gasteiger partial charge is 0.399 e. The maximum absolute atomic E-state index is 6.04. The van der Waals surface area contributed by atoms with Gasteiger partial charge in [0.1, 0.15) is 0 Å². The number of hydrogen-bond donors (Lipinski definition) is 1. The van der Waals surface area contributed by atoms with Crippen LogP contribution in [0.4, 0.5) is 5.69 Å². The molecule has 1 aromatic heterocycles. The van der Waals surface area contributed by atoms with Crippen LogP contribution in [0.25, 0.3) is 11.3 Å². The van der Waals surface area contributed by atoms with Crippen LogP contribution in [0.5, 0.6) is 0 Å². The van der Waals surface area contributed by atoms with Gasteiger partial charge in [-0.2, -0.15) is 0 Å². The number of rotatable bonds is 1. The Morgan fingerprint density at radius 3 is 2.67 bits per heavy atom. The van der Waals surface area contributed by atoms with Gasteiger partial charge >= 0.3 is 0 Å². The lowest BCUT2D eigenvalue weighted by Crippen LogP contribution is -1.88. The average Bonchev–Trinajstić information content (AvgIpc) is 2.22. The van der Waals surface area contributed by atoms with Crippen molar-refractivity contribution in [2.24, 2.45) is 0 Å². The van der Waals surface area contributed by atoms with Crippen molar-refractivity contribution in [1.29, 1.82) is 0 Å². The molecule has 0 spiro atoms. The molecule has 2 rings (SSSR count). The van der Waals surface area contributed by atoms with Crippen molar-refractivity contribution in [3.05, 3.63) is 47.1 Å². The van der Waals surface area contributed by atoms with Gasteiger partial charge in [-0.1, -0.05) is 23.7 Å². The van der Waals surface area contributed by atoms with Crippen molar-refractivity contribution >= 4 is 17.3 Å². The molecule has 2 nitrogen and oxygen atoms in total. The van der Waals surface area contributed by atoms with E-state index in [0.717, 1.165) is 21.8 Å². The van der Waals surface area contributed by atoms with E-state index in [2.05, 4.69) is 4.98 Å². The number of pyridine rings is 1. The number of benzene rings is 1. The molecule has 0 saturated carbocycles. The summed E-state index contributed by atoms with van der Waals surface area (Å²) in [5, 5.41) is 0.747. The van der Waals surface area contributed by atoms with E-state index in [-0.39, 0.29) is 0 Å². The SMILES string of the molecule is Cc1ccc(-c2cc(N)ccn2)cc1Cl. The van der Waals surface area contributed by atoms with Crippen LogP contribution in [0.1, 0.15) is 5.56 Å². The van der Waals surface area contributed by atoms with Gasteiger partial charge in [0.05, 0.1) is 5.69 Å². The Hall–Kier alpha value is -1.54. The van der Waals surface area contributed by atoms with Gasteiger partial charge in [0.2, 0.25) is 0 Å². The summed E-state index contributed by atoms with van der Waals surface area (Å²) in [6.07, 6.45) is 1.69. The van der Waals surface area contributed by atoms with Crippen molar-refractivity contribution < 1.29 is 0 Å². The van der Waals surface area contributed by atoms with Crippen LogP contribution in [0.3, 0.4) is 0 Å². The molecule has 0 atom stereocenters. The highest BCUT2D eigenvalue weighted by atomic mass is 35.5. The topological polar surface area (TPSA) is 38.9 Å². The predicted octanol–water partition coefficient (Wildman–Crippen LogP) is 3.29. The second kappa shape index (κ2) is 3.91. The Morgan fingerprint density at radius 2 is 2.00 bits per heavy atom. The molecule has 0 radical (unpaired) electrons. The van der Waals surface area contributed by atoms with Gasteiger partial charge in [0.25, 0.3) is 0 Å². The highest BCUT2D eigenvalue weighted by molar-refractivity contribution is 6.31. The minimum Gasteiger partial charge on any atom is -0.399 e. The van der Waals surface area contributed by atoms with E-state index in [4.69, 9.17) is 17.3 Å². The van der Waals surface area contributed by atoms with Crippen molar-refractivity contribution in [2.75, 3.05) is 5.73 Å². The van der Waals surface area contributed by atoms with Gasteiger partial charge in [0.15, 0.2) is 0 Å². The molecular formula is C12H11ClN2. The van der Waals surface area contributed by atoms with Crippen LogP contribution < -0.4 is 5.73 Å². The Morgan fingerprint density at radius 1 is 1.20 bits per heavy atom. The number of nitrogens with zero attached hydrogens (tertiary/aromatic N) is 1. The lowest BCUT2D eigenvalue weighted by molar-refractivity contribution is 1.32. The zero-order chi connectivity index (χ0) is 10.8. The molecule has 0 fully saturated rings. The van der Waals surface area contributed by atoms with Gasteiger partial charge in [-0.05, 0) is 30.7 Å². The lowest BCUT2D eigenvalue weighted by atomic mass is 10.1. The first-order chi connectivity index (χ1) is 7.16. The quantitative estimate of drug-likeness (QED) is 0.798. The van der Waals surface area contributed by atoms with E-state index in [9.17, 15) is 0 Å². The Labute approximate surface area is 93.7 Å². The molecule has 1 heterocycles.